The highest BCUT2D eigenvalue weighted by molar-refractivity contribution is 5.66. The number of aliphatic hydroxyl groups excluding tert-OH is 2. The van der Waals surface area contributed by atoms with Crippen LogP contribution in [0.4, 0.5) is 0 Å². The zero-order valence-electron chi connectivity index (χ0n) is 37.8. The summed E-state index contributed by atoms with van der Waals surface area (Å²) in [5.41, 5.74) is 5.10. The van der Waals surface area contributed by atoms with E-state index in [1.165, 1.54) is 24.3 Å². The molecule has 2 aliphatic rings. The van der Waals surface area contributed by atoms with Crippen molar-refractivity contribution >= 4 is 0 Å². The molecule has 354 valence electrons. The van der Waals surface area contributed by atoms with Gasteiger partial charge in [-0.1, -0.05) is 133 Å². The van der Waals surface area contributed by atoms with E-state index < -0.39 is 41.8 Å². The lowest BCUT2D eigenvalue weighted by Crippen LogP contribution is -2.37. The number of aromatic hydroxyl groups is 4. The Morgan fingerprint density at radius 3 is 1.54 bits per heavy atom. The summed E-state index contributed by atoms with van der Waals surface area (Å²) in [4.78, 5) is 0. The summed E-state index contributed by atoms with van der Waals surface area (Å²) in [5, 5.41) is 68.8. The van der Waals surface area contributed by atoms with Gasteiger partial charge in [0.15, 0.2) is 29.1 Å². The molecule has 70 heavy (non-hydrogen) atoms. The van der Waals surface area contributed by atoms with Gasteiger partial charge in [-0.3, -0.25) is 0 Å². The lowest BCUT2D eigenvalue weighted by atomic mass is 9.77. The van der Waals surface area contributed by atoms with E-state index in [1.807, 2.05) is 121 Å². The van der Waals surface area contributed by atoms with E-state index in [-0.39, 0.29) is 72.7 Å². The van der Waals surface area contributed by atoms with Crippen LogP contribution in [0.2, 0.25) is 0 Å². The first-order chi connectivity index (χ1) is 34.2. The Hall–Kier alpha value is -8.32. The van der Waals surface area contributed by atoms with Crippen molar-refractivity contribution < 1.29 is 59.1 Å². The van der Waals surface area contributed by atoms with Crippen LogP contribution < -0.4 is 28.4 Å². The quantitative estimate of drug-likeness (QED) is 0.0537. The van der Waals surface area contributed by atoms with Crippen LogP contribution in [0.5, 0.6) is 57.5 Å². The highest BCUT2D eigenvalue weighted by atomic mass is 16.5. The zero-order chi connectivity index (χ0) is 48.1. The molecule has 2 aliphatic heterocycles. The molecule has 0 aromatic heterocycles. The molecule has 0 bridgehead atoms. The van der Waals surface area contributed by atoms with Gasteiger partial charge in [0.1, 0.15) is 73.1 Å². The van der Waals surface area contributed by atoms with E-state index in [2.05, 4.69) is 0 Å². The number of hydrogen-bond acceptors (Lipinski definition) is 12. The minimum atomic E-state index is -1.49. The first kappa shape index (κ1) is 45.5. The van der Waals surface area contributed by atoms with Crippen LogP contribution in [0.1, 0.15) is 68.2 Å². The zero-order valence-corrected chi connectivity index (χ0v) is 37.8. The van der Waals surface area contributed by atoms with Gasteiger partial charge >= 0.3 is 0 Å². The maximum Gasteiger partial charge on any atom is 0.162 e. The van der Waals surface area contributed by atoms with E-state index >= 15 is 0 Å². The second-order valence-electron chi connectivity index (χ2n) is 17.3. The Morgan fingerprint density at radius 1 is 0.429 bits per heavy atom. The van der Waals surface area contributed by atoms with Crippen molar-refractivity contribution in [2.75, 3.05) is 0 Å². The van der Waals surface area contributed by atoms with Crippen LogP contribution in [0, 0.1) is 0 Å². The van der Waals surface area contributed by atoms with Gasteiger partial charge in [-0.15, -0.1) is 0 Å². The number of hydrogen-bond donors (Lipinski definition) is 6. The SMILES string of the molecule is Oc1ccc(C2Oc3c(c(O)cc(O)c3C3c4c(OCc5ccccc5)cc(OCc5ccccc5)cc4OC(c4ccc(OCc5ccccc5)c(OCc5ccccc5)c4)C3O)CC2O)cc1O. The van der Waals surface area contributed by atoms with Crippen molar-refractivity contribution in [3.05, 3.63) is 226 Å². The molecule has 0 amide bonds. The third-order valence-electron chi connectivity index (χ3n) is 12.6. The fraction of sp³-hybridized carbons (Fsp3) is 0.172. The van der Waals surface area contributed by atoms with E-state index in [9.17, 15) is 30.6 Å². The molecule has 0 radical (unpaired) electrons. The second-order valence-corrected chi connectivity index (χ2v) is 17.3. The molecule has 0 spiro atoms. The molecular formula is C58H50O12. The molecule has 10 rings (SSSR count). The number of ether oxygens (including phenoxy) is 6. The van der Waals surface area contributed by atoms with Crippen LogP contribution in [0.3, 0.4) is 0 Å². The molecule has 5 atom stereocenters. The van der Waals surface area contributed by atoms with E-state index in [0.717, 1.165) is 22.3 Å². The van der Waals surface area contributed by atoms with E-state index in [1.54, 1.807) is 30.3 Å². The molecule has 6 N–H and O–H groups in total. The van der Waals surface area contributed by atoms with Gasteiger partial charge in [0.2, 0.25) is 0 Å². The van der Waals surface area contributed by atoms with Crippen molar-refractivity contribution in [2.45, 2.75) is 63.2 Å². The Morgan fingerprint density at radius 2 is 0.957 bits per heavy atom. The first-order valence-electron chi connectivity index (χ1n) is 22.9. The van der Waals surface area contributed by atoms with E-state index in [4.69, 9.17) is 28.4 Å². The van der Waals surface area contributed by atoms with Crippen LogP contribution in [0.15, 0.2) is 176 Å². The van der Waals surface area contributed by atoms with Gasteiger partial charge in [-0.2, -0.15) is 0 Å². The normalized spacial score (nSPS) is 18.1. The van der Waals surface area contributed by atoms with Crippen molar-refractivity contribution in [3.63, 3.8) is 0 Å². The van der Waals surface area contributed by atoms with Gasteiger partial charge in [-0.25, -0.2) is 0 Å². The van der Waals surface area contributed by atoms with Crippen molar-refractivity contribution in [1.82, 2.24) is 0 Å². The van der Waals surface area contributed by atoms with Gasteiger partial charge in [0.25, 0.3) is 0 Å². The van der Waals surface area contributed by atoms with Crippen molar-refractivity contribution in [3.8, 4) is 57.5 Å². The van der Waals surface area contributed by atoms with Crippen molar-refractivity contribution in [1.29, 1.82) is 0 Å². The molecule has 5 unspecified atom stereocenters. The molecule has 0 fully saturated rings. The summed E-state index contributed by atoms with van der Waals surface area (Å²) < 4.78 is 39.5. The third kappa shape index (κ3) is 9.68. The van der Waals surface area contributed by atoms with Crippen molar-refractivity contribution in [2.24, 2.45) is 0 Å². The molecule has 12 nitrogen and oxygen atoms in total. The number of rotatable bonds is 15. The molecular weight excluding hydrogens is 889 g/mol. The van der Waals surface area contributed by atoms with Crippen LogP contribution in [-0.2, 0) is 32.8 Å². The largest absolute Gasteiger partial charge is 0.507 e. The maximum absolute atomic E-state index is 13.1. The summed E-state index contributed by atoms with van der Waals surface area (Å²) in [6, 6.07) is 52.7. The van der Waals surface area contributed by atoms with E-state index in [0.29, 0.717) is 33.9 Å². The van der Waals surface area contributed by atoms with Gasteiger partial charge in [0.05, 0.1) is 12.0 Å². The highest BCUT2D eigenvalue weighted by Gasteiger charge is 2.46. The smallest absolute Gasteiger partial charge is 0.162 e. The Kier molecular flexibility index (Phi) is 13.1. The number of benzene rings is 8. The monoisotopic (exact) mass is 938 g/mol. The minimum Gasteiger partial charge on any atom is -0.507 e. The molecule has 0 saturated heterocycles. The average Bonchev–Trinajstić information content (AvgIpc) is 3.38. The molecule has 8 aromatic carbocycles. The maximum atomic E-state index is 13.1. The third-order valence-corrected chi connectivity index (χ3v) is 12.6. The Labute approximate surface area is 404 Å². The fourth-order valence-electron chi connectivity index (χ4n) is 9.05. The Bertz CT molecular complexity index is 3080. The minimum absolute atomic E-state index is 0.00553. The summed E-state index contributed by atoms with van der Waals surface area (Å²) in [7, 11) is 0. The molecule has 0 saturated carbocycles. The topological polar surface area (TPSA) is 177 Å². The molecule has 2 heterocycles. The second kappa shape index (κ2) is 20.1. The van der Waals surface area contributed by atoms with Gasteiger partial charge in [-0.05, 0) is 57.6 Å². The lowest BCUT2D eigenvalue weighted by Gasteiger charge is -2.40. The number of aliphatic hydroxyl groups is 2. The Balaban J connectivity index is 1.12. The molecule has 0 aliphatic carbocycles. The number of fused-ring (bicyclic) bond motifs is 2. The van der Waals surface area contributed by atoms with Crippen LogP contribution in [0.25, 0.3) is 0 Å². The fourth-order valence-corrected chi connectivity index (χ4v) is 9.05. The average molecular weight is 939 g/mol. The lowest BCUT2D eigenvalue weighted by molar-refractivity contribution is 0.000830. The van der Waals surface area contributed by atoms with Crippen LogP contribution in [-0.4, -0.2) is 42.8 Å². The summed E-state index contributed by atoms with van der Waals surface area (Å²) >= 11 is 0. The number of phenolic OH excluding ortho intramolecular Hbond substituents is 4. The first-order valence-corrected chi connectivity index (χ1v) is 22.9. The van der Waals surface area contributed by atoms with Gasteiger partial charge < -0.3 is 59.1 Å². The standard InChI is InChI=1S/C58H50O12/c59-43-23-21-39(25-45(43)61)56-47(63)29-42-44(60)30-46(62)52(58(42)70-56)54-53-50(68-34-38-19-11-4-12-20-38)27-41(65-31-35-13-5-1-6-14-35)28-51(53)69-57(55(54)64)40-22-24-48(66-32-36-15-7-2-8-16-36)49(26-40)67-33-37-17-9-3-10-18-37/h1-28,30,47,54-57,59-64H,29,31-34H2. The molecule has 8 aromatic rings. The predicted octanol–water partition coefficient (Wildman–Crippen LogP) is 10.5. The summed E-state index contributed by atoms with van der Waals surface area (Å²) in [5.74, 6) is -0.923. The van der Waals surface area contributed by atoms with Gasteiger partial charge in [0, 0.05) is 41.3 Å². The summed E-state index contributed by atoms with van der Waals surface area (Å²) in [6.07, 6.45) is -5.14. The number of phenols is 4. The summed E-state index contributed by atoms with van der Waals surface area (Å²) in [6.45, 7) is 0.813. The molecule has 12 heteroatoms. The highest BCUT2D eigenvalue weighted by Crippen LogP contribution is 2.58. The van der Waals surface area contributed by atoms with Crippen LogP contribution >= 0.6 is 0 Å². The predicted molar refractivity (Wildman–Crippen MR) is 260 cm³/mol.